The molecule has 0 atom stereocenters. The molecule has 0 saturated carbocycles. The van der Waals surface area contributed by atoms with E-state index in [1.165, 1.54) is 0 Å². The van der Waals surface area contributed by atoms with Crippen molar-refractivity contribution in [2.75, 3.05) is 0 Å². The molecule has 0 unspecified atom stereocenters. The Morgan fingerprint density at radius 1 is 1.07 bits per heavy atom. The summed E-state index contributed by atoms with van der Waals surface area (Å²) in [5, 5.41) is 2.29. The summed E-state index contributed by atoms with van der Waals surface area (Å²) in [4.78, 5) is 4.20. The lowest BCUT2D eigenvalue weighted by Gasteiger charge is -1.89. The molecule has 0 fully saturated rings. The number of hydrogen-bond acceptors (Lipinski definition) is 2. The molecule has 68 valence electrons. The molecule has 0 saturated heterocycles. The third-order valence-electron chi connectivity index (χ3n) is 2.25. The first-order valence-electron chi connectivity index (χ1n) is 4.28. The summed E-state index contributed by atoms with van der Waals surface area (Å²) in [5.74, 6) is 0. The molecule has 14 heavy (non-hydrogen) atoms. The minimum Gasteiger partial charge on any atom is -0.453 e. The molecule has 0 radical (unpaired) electrons. The van der Waals surface area contributed by atoms with Crippen LogP contribution in [0.4, 0.5) is 0 Å². The van der Waals surface area contributed by atoms with Crippen molar-refractivity contribution >= 4 is 44.5 Å². The lowest BCUT2D eigenvalue weighted by Crippen LogP contribution is -1.77. The molecule has 0 bridgehead atoms. The number of para-hydroxylation sites is 1. The molecule has 0 N–H and O–H groups in total. The molecular formula is C11H6INO. The van der Waals surface area contributed by atoms with Gasteiger partial charge >= 0.3 is 0 Å². The molecule has 0 aliphatic carbocycles. The fourth-order valence-electron chi connectivity index (χ4n) is 1.62. The lowest BCUT2D eigenvalue weighted by atomic mass is 10.2. The molecule has 0 aliphatic rings. The van der Waals surface area contributed by atoms with Crippen LogP contribution in [0.3, 0.4) is 0 Å². The number of hydrogen-bond donors (Lipinski definition) is 0. The molecule has 2 aromatic heterocycles. The van der Waals surface area contributed by atoms with Gasteiger partial charge in [0.05, 0.1) is 0 Å². The highest BCUT2D eigenvalue weighted by Crippen LogP contribution is 2.29. The molecule has 0 aliphatic heterocycles. The normalized spacial score (nSPS) is 11.2. The van der Waals surface area contributed by atoms with Crippen LogP contribution in [0, 0.1) is 3.70 Å². The van der Waals surface area contributed by atoms with E-state index in [-0.39, 0.29) is 0 Å². The number of nitrogens with zero attached hydrogens (tertiary/aromatic N) is 1. The molecule has 1 aromatic carbocycles. The van der Waals surface area contributed by atoms with Crippen LogP contribution in [0.5, 0.6) is 0 Å². The molecule has 3 heteroatoms. The zero-order valence-corrected chi connectivity index (χ0v) is 9.36. The van der Waals surface area contributed by atoms with Gasteiger partial charge in [-0.1, -0.05) is 18.2 Å². The van der Waals surface area contributed by atoms with Crippen LogP contribution in [-0.2, 0) is 0 Å². The first kappa shape index (κ1) is 8.23. The highest BCUT2D eigenvalue weighted by molar-refractivity contribution is 14.1. The van der Waals surface area contributed by atoms with E-state index in [0.29, 0.717) is 0 Å². The smallest absolute Gasteiger partial charge is 0.167 e. The van der Waals surface area contributed by atoms with E-state index in [9.17, 15) is 0 Å². The Morgan fingerprint density at radius 3 is 2.86 bits per heavy atom. The van der Waals surface area contributed by atoms with Gasteiger partial charge in [-0.05, 0) is 34.7 Å². The first-order valence-corrected chi connectivity index (χ1v) is 5.36. The maximum atomic E-state index is 5.71. The largest absolute Gasteiger partial charge is 0.453 e. The van der Waals surface area contributed by atoms with Crippen LogP contribution in [-0.4, -0.2) is 4.98 Å². The zero-order valence-electron chi connectivity index (χ0n) is 7.20. The Labute approximate surface area is 94.1 Å². The summed E-state index contributed by atoms with van der Waals surface area (Å²) in [5.41, 5.74) is 1.81. The SMILES string of the molecule is Ic1nccc2c1oc1ccccc12. The fraction of sp³-hybridized carbons (Fsp3) is 0. The van der Waals surface area contributed by atoms with Gasteiger partial charge in [0.1, 0.15) is 9.28 Å². The van der Waals surface area contributed by atoms with Crippen molar-refractivity contribution in [3.05, 3.63) is 40.2 Å². The lowest BCUT2D eigenvalue weighted by molar-refractivity contribution is 0.664. The molecule has 2 heterocycles. The molecule has 3 aromatic rings. The van der Waals surface area contributed by atoms with Gasteiger partial charge in [0.2, 0.25) is 0 Å². The van der Waals surface area contributed by atoms with Crippen LogP contribution in [0.1, 0.15) is 0 Å². The van der Waals surface area contributed by atoms with Gasteiger partial charge in [0.25, 0.3) is 0 Å². The number of furan rings is 1. The predicted molar refractivity (Wildman–Crippen MR) is 64.2 cm³/mol. The minimum absolute atomic E-state index is 0.884. The fourth-order valence-corrected chi connectivity index (χ4v) is 2.18. The summed E-state index contributed by atoms with van der Waals surface area (Å²) < 4.78 is 6.63. The predicted octanol–water partition coefficient (Wildman–Crippen LogP) is 3.59. The maximum Gasteiger partial charge on any atom is 0.167 e. The summed E-state index contributed by atoms with van der Waals surface area (Å²) in [6.45, 7) is 0. The van der Waals surface area contributed by atoms with Crippen molar-refractivity contribution in [1.29, 1.82) is 0 Å². The molecular weight excluding hydrogens is 289 g/mol. The van der Waals surface area contributed by atoms with Crippen molar-refractivity contribution in [3.8, 4) is 0 Å². The van der Waals surface area contributed by atoms with E-state index in [1.54, 1.807) is 0 Å². The van der Waals surface area contributed by atoms with Gasteiger partial charge < -0.3 is 4.42 Å². The summed E-state index contributed by atoms with van der Waals surface area (Å²) in [7, 11) is 0. The molecule has 3 rings (SSSR count). The van der Waals surface area contributed by atoms with Gasteiger partial charge in [0, 0.05) is 17.0 Å². The average Bonchev–Trinajstić information content (AvgIpc) is 2.59. The van der Waals surface area contributed by atoms with Gasteiger partial charge in [-0.3, -0.25) is 0 Å². The minimum atomic E-state index is 0.884. The highest BCUT2D eigenvalue weighted by Gasteiger charge is 2.08. The zero-order chi connectivity index (χ0) is 9.54. The van der Waals surface area contributed by atoms with Gasteiger partial charge in [-0.2, -0.15) is 0 Å². The standard InChI is InChI=1S/C11H6INO/c12-11-10-8(5-6-13-11)7-3-1-2-4-9(7)14-10/h1-6H. The number of halogens is 1. The Balaban J connectivity index is 2.63. The number of aromatic nitrogens is 1. The summed E-state index contributed by atoms with van der Waals surface area (Å²) >= 11 is 2.19. The van der Waals surface area contributed by atoms with E-state index < -0.39 is 0 Å². The Hall–Kier alpha value is -1.10. The summed E-state index contributed by atoms with van der Waals surface area (Å²) in [6.07, 6.45) is 1.81. The second-order valence-corrected chi connectivity index (χ2v) is 4.10. The summed E-state index contributed by atoms with van der Waals surface area (Å²) in [6, 6.07) is 10.0. The third-order valence-corrected chi connectivity index (χ3v) is 3.02. The molecule has 0 amide bonds. The Bertz CT molecular complexity index is 615. The monoisotopic (exact) mass is 295 g/mol. The van der Waals surface area contributed by atoms with E-state index >= 15 is 0 Å². The third kappa shape index (κ3) is 1.05. The van der Waals surface area contributed by atoms with E-state index in [2.05, 4.69) is 33.6 Å². The molecule has 0 spiro atoms. The van der Waals surface area contributed by atoms with Crippen LogP contribution < -0.4 is 0 Å². The number of fused-ring (bicyclic) bond motifs is 3. The average molecular weight is 295 g/mol. The van der Waals surface area contributed by atoms with Crippen molar-refractivity contribution in [3.63, 3.8) is 0 Å². The van der Waals surface area contributed by atoms with Crippen LogP contribution in [0.15, 0.2) is 40.9 Å². The highest BCUT2D eigenvalue weighted by atomic mass is 127. The number of rotatable bonds is 0. The second-order valence-electron chi connectivity index (χ2n) is 3.08. The quantitative estimate of drug-likeness (QED) is 0.468. The van der Waals surface area contributed by atoms with Crippen molar-refractivity contribution in [2.45, 2.75) is 0 Å². The first-order chi connectivity index (χ1) is 6.86. The van der Waals surface area contributed by atoms with Gasteiger partial charge in [0.15, 0.2) is 5.58 Å². The van der Waals surface area contributed by atoms with Gasteiger partial charge in [-0.25, -0.2) is 4.98 Å². The Morgan fingerprint density at radius 2 is 1.93 bits per heavy atom. The topological polar surface area (TPSA) is 26.0 Å². The van der Waals surface area contributed by atoms with Crippen LogP contribution in [0.2, 0.25) is 0 Å². The van der Waals surface area contributed by atoms with E-state index in [0.717, 1.165) is 25.6 Å². The van der Waals surface area contributed by atoms with E-state index in [1.807, 2.05) is 30.5 Å². The maximum absolute atomic E-state index is 5.71. The van der Waals surface area contributed by atoms with Crippen molar-refractivity contribution in [1.82, 2.24) is 4.98 Å². The Kier molecular flexibility index (Phi) is 1.73. The second kappa shape index (κ2) is 2.95. The van der Waals surface area contributed by atoms with Crippen LogP contribution >= 0.6 is 22.6 Å². The van der Waals surface area contributed by atoms with Crippen molar-refractivity contribution in [2.24, 2.45) is 0 Å². The van der Waals surface area contributed by atoms with E-state index in [4.69, 9.17) is 4.42 Å². The number of benzene rings is 1. The molecule has 2 nitrogen and oxygen atoms in total. The van der Waals surface area contributed by atoms with Crippen molar-refractivity contribution < 1.29 is 4.42 Å². The number of pyridine rings is 1. The van der Waals surface area contributed by atoms with Gasteiger partial charge in [-0.15, -0.1) is 0 Å². The van der Waals surface area contributed by atoms with Crippen LogP contribution in [0.25, 0.3) is 21.9 Å².